The Balaban J connectivity index is 1.70. The van der Waals surface area contributed by atoms with Gasteiger partial charge in [-0.2, -0.15) is 5.26 Å². The van der Waals surface area contributed by atoms with Crippen LogP contribution in [0.15, 0.2) is 16.5 Å². The number of likely N-dealkylation sites (tertiary alicyclic amines) is 1. The quantitative estimate of drug-likeness (QED) is 0.826. The van der Waals surface area contributed by atoms with Crippen LogP contribution in [0.25, 0.3) is 0 Å². The Bertz CT molecular complexity index is 380. The van der Waals surface area contributed by atoms with Crippen molar-refractivity contribution in [2.24, 2.45) is 5.92 Å². The number of hydrogen-bond acceptors (Lipinski definition) is 4. The fourth-order valence-electron chi connectivity index (χ4n) is 2.13. The molecule has 1 aliphatic heterocycles. The molecule has 4 heteroatoms. The van der Waals surface area contributed by atoms with Crippen LogP contribution in [0.4, 0.5) is 0 Å². The minimum atomic E-state index is 0.386. The number of nitrogens with one attached hydrogen (secondary N) is 1. The molecule has 1 aliphatic rings. The molecule has 0 aromatic carbocycles. The Morgan fingerprint density at radius 3 is 3.12 bits per heavy atom. The largest absolute Gasteiger partial charge is 0.449 e. The van der Waals surface area contributed by atoms with Gasteiger partial charge in [-0.05, 0) is 44.6 Å². The molecule has 1 N–H and O–H groups in total. The van der Waals surface area contributed by atoms with Crippen LogP contribution in [0.1, 0.15) is 17.9 Å². The second-order valence-corrected chi connectivity index (χ2v) is 4.43. The molecule has 16 heavy (non-hydrogen) atoms. The molecule has 1 atom stereocenters. The van der Waals surface area contributed by atoms with Gasteiger partial charge in [0.05, 0.1) is 6.54 Å². The summed E-state index contributed by atoms with van der Waals surface area (Å²) in [4.78, 5) is 2.35. The van der Waals surface area contributed by atoms with Gasteiger partial charge >= 0.3 is 0 Å². The second-order valence-electron chi connectivity index (χ2n) is 4.43. The van der Waals surface area contributed by atoms with E-state index in [4.69, 9.17) is 9.68 Å². The minimum Gasteiger partial charge on any atom is -0.449 e. The van der Waals surface area contributed by atoms with Crippen LogP contribution in [0, 0.1) is 17.2 Å². The van der Waals surface area contributed by atoms with E-state index >= 15 is 0 Å². The number of nitriles is 1. The van der Waals surface area contributed by atoms with Crippen LogP contribution in [-0.2, 0) is 6.54 Å². The van der Waals surface area contributed by atoms with Crippen LogP contribution >= 0.6 is 0 Å². The summed E-state index contributed by atoms with van der Waals surface area (Å²) in [5.74, 6) is 1.97. The van der Waals surface area contributed by atoms with Crippen molar-refractivity contribution in [2.75, 3.05) is 26.7 Å². The van der Waals surface area contributed by atoms with Crippen LogP contribution in [0.5, 0.6) is 0 Å². The average molecular weight is 219 g/mol. The summed E-state index contributed by atoms with van der Waals surface area (Å²) in [7, 11) is 2.16. The molecule has 0 radical (unpaired) electrons. The molecule has 1 aromatic heterocycles. The zero-order chi connectivity index (χ0) is 11.4. The van der Waals surface area contributed by atoms with Crippen molar-refractivity contribution in [3.8, 4) is 6.07 Å². The second kappa shape index (κ2) is 5.15. The lowest BCUT2D eigenvalue weighted by atomic mass is 10.1. The van der Waals surface area contributed by atoms with Crippen molar-refractivity contribution in [1.82, 2.24) is 10.2 Å². The summed E-state index contributed by atoms with van der Waals surface area (Å²) < 4.78 is 5.28. The first-order chi connectivity index (χ1) is 7.78. The standard InChI is InChI=1S/C12H17N3O/c1-15-5-4-10(9-15)7-14-8-12-3-2-11(6-13)16-12/h2-3,10,14H,4-5,7-9H2,1H3. The Hall–Kier alpha value is -1.31. The Labute approximate surface area is 95.8 Å². The molecular formula is C12H17N3O. The number of hydrogen-bond donors (Lipinski definition) is 1. The van der Waals surface area contributed by atoms with E-state index in [-0.39, 0.29) is 0 Å². The van der Waals surface area contributed by atoms with Crippen molar-refractivity contribution in [2.45, 2.75) is 13.0 Å². The van der Waals surface area contributed by atoms with Gasteiger partial charge in [-0.25, -0.2) is 0 Å². The summed E-state index contributed by atoms with van der Waals surface area (Å²) in [6.07, 6.45) is 1.27. The van der Waals surface area contributed by atoms with Gasteiger partial charge in [-0.1, -0.05) is 0 Å². The zero-order valence-corrected chi connectivity index (χ0v) is 9.57. The Morgan fingerprint density at radius 2 is 2.50 bits per heavy atom. The highest BCUT2D eigenvalue weighted by atomic mass is 16.3. The van der Waals surface area contributed by atoms with E-state index in [1.807, 2.05) is 12.1 Å². The van der Waals surface area contributed by atoms with E-state index < -0.39 is 0 Å². The molecule has 2 heterocycles. The molecular weight excluding hydrogens is 202 g/mol. The number of furan rings is 1. The van der Waals surface area contributed by atoms with Gasteiger partial charge in [0.15, 0.2) is 0 Å². The molecule has 1 unspecified atom stereocenters. The molecule has 86 valence electrons. The van der Waals surface area contributed by atoms with Gasteiger partial charge in [0.25, 0.3) is 0 Å². The topological polar surface area (TPSA) is 52.2 Å². The van der Waals surface area contributed by atoms with Crippen LogP contribution < -0.4 is 5.32 Å². The molecule has 1 aromatic rings. The zero-order valence-electron chi connectivity index (χ0n) is 9.57. The van der Waals surface area contributed by atoms with E-state index in [0.717, 1.165) is 18.2 Å². The average Bonchev–Trinajstić information content (AvgIpc) is 2.88. The van der Waals surface area contributed by atoms with Crippen molar-refractivity contribution < 1.29 is 4.42 Å². The lowest BCUT2D eigenvalue weighted by molar-refractivity contribution is 0.383. The van der Waals surface area contributed by atoms with Crippen molar-refractivity contribution in [3.05, 3.63) is 23.7 Å². The first kappa shape index (κ1) is 11.2. The van der Waals surface area contributed by atoms with E-state index in [2.05, 4.69) is 17.3 Å². The highest BCUT2D eigenvalue weighted by Gasteiger charge is 2.18. The van der Waals surface area contributed by atoms with E-state index in [9.17, 15) is 0 Å². The minimum absolute atomic E-state index is 0.386. The highest BCUT2D eigenvalue weighted by molar-refractivity contribution is 5.18. The van der Waals surface area contributed by atoms with E-state index in [1.54, 1.807) is 6.07 Å². The monoisotopic (exact) mass is 219 g/mol. The van der Waals surface area contributed by atoms with Gasteiger partial charge in [0.1, 0.15) is 11.8 Å². The first-order valence-corrected chi connectivity index (χ1v) is 5.66. The predicted molar refractivity (Wildman–Crippen MR) is 60.7 cm³/mol. The Kier molecular flexibility index (Phi) is 3.60. The summed E-state index contributed by atoms with van der Waals surface area (Å²) in [6.45, 7) is 4.11. The lowest BCUT2D eigenvalue weighted by Gasteiger charge is -2.10. The SMILES string of the molecule is CN1CCC(CNCc2ccc(C#N)o2)C1. The fourth-order valence-corrected chi connectivity index (χ4v) is 2.13. The van der Waals surface area contributed by atoms with Crippen molar-refractivity contribution in [3.63, 3.8) is 0 Å². The van der Waals surface area contributed by atoms with Crippen LogP contribution in [0.3, 0.4) is 0 Å². The van der Waals surface area contributed by atoms with Gasteiger partial charge in [0, 0.05) is 6.54 Å². The number of nitrogens with zero attached hydrogens (tertiary/aromatic N) is 2. The van der Waals surface area contributed by atoms with Crippen molar-refractivity contribution >= 4 is 0 Å². The number of rotatable bonds is 4. The molecule has 0 aliphatic carbocycles. The van der Waals surface area contributed by atoms with E-state index in [1.165, 1.54) is 19.5 Å². The van der Waals surface area contributed by atoms with Gasteiger partial charge in [-0.15, -0.1) is 0 Å². The molecule has 0 saturated carbocycles. The molecule has 1 fully saturated rings. The van der Waals surface area contributed by atoms with Crippen LogP contribution in [0.2, 0.25) is 0 Å². The van der Waals surface area contributed by atoms with E-state index in [0.29, 0.717) is 12.3 Å². The summed E-state index contributed by atoms with van der Waals surface area (Å²) in [6, 6.07) is 5.55. The third-order valence-electron chi connectivity index (χ3n) is 2.99. The normalized spacial score (nSPS) is 21.1. The molecule has 2 rings (SSSR count). The molecule has 4 nitrogen and oxygen atoms in total. The highest BCUT2D eigenvalue weighted by Crippen LogP contribution is 2.13. The predicted octanol–water partition coefficient (Wildman–Crippen LogP) is 1.19. The van der Waals surface area contributed by atoms with Crippen LogP contribution in [-0.4, -0.2) is 31.6 Å². The maximum atomic E-state index is 8.61. The third-order valence-corrected chi connectivity index (χ3v) is 2.99. The molecule has 0 bridgehead atoms. The molecule has 1 saturated heterocycles. The summed E-state index contributed by atoms with van der Waals surface area (Å²) in [5.41, 5.74) is 0. The maximum Gasteiger partial charge on any atom is 0.203 e. The first-order valence-electron chi connectivity index (χ1n) is 5.66. The smallest absolute Gasteiger partial charge is 0.203 e. The maximum absolute atomic E-state index is 8.61. The lowest BCUT2D eigenvalue weighted by Crippen LogP contribution is -2.24. The van der Waals surface area contributed by atoms with Gasteiger partial charge in [-0.3, -0.25) is 0 Å². The fraction of sp³-hybridized carbons (Fsp3) is 0.583. The van der Waals surface area contributed by atoms with Crippen molar-refractivity contribution in [1.29, 1.82) is 5.26 Å². The summed E-state index contributed by atoms with van der Waals surface area (Å²) in [5, 5.41) is 12.0. The van der Waals surface area contributed by atoms with Gasteiger partial charge in [0.2, 0.25) is 5.76 Å². The molecule has 0 amide bonds. The molecule has 0 spiro atoms. The Morgan fingerprint density at radius 1 is 1.62 bits per heavy atom. The third kappa shape index (κ3) is 2.84. The van der Waals surface area contributed by atoms with Gasteiger partial charge < -0.3 is 14.6 Å². The summed E-state index contributed by atoms with van der Waals surface area (Å²) >= 11 is 0.